The second-order valence-corrected chi connectivity index (χ2v) is 6.06. The summed E-state index contributed by atoms with van der Waals surface area (Å²) in [5.41, 5.74) is 6.15. The highest BCUT2D eigenvalue weighted by molar-refractivity contribution is 5.88. The number of aromatic hydroxyl groups is 1. The second kappa shape index (κ2) is 8.89. The molecule has 138 valence electrons. The van der Waals surface area contributed by atoms with Crippen LogP contribution in [0.25, 0.3) is 0 Å². The smallest absolute Gasteiger partial charge is 0.262 e. The standard InChI is InChI=1S/C20H25N3O3/c1-5-16(22-17-10-9-13(2)11-14(17)3)20(25)23-21-12-15-7-6-8-18(26-4)19(15)24/h6-12,16,22,24H,5H2,1-4H3,(H,23,25)/t16-/m0/s1. The summed E-state index contributed by atoms with van der Waals surface area (Å²) in [6, 6.07) is 10.7. The number of hydrazone groups is 1. The number of aryl methyl sites for hydroxylation is 2. The Kier molecular flexibility index (Phi) is 6.60. The van der Waals surface area contributed by atoms with E-state index >= 15 is 0 Å². The van der Waals surface area contributed by atoms with Crippen LogP contribution in [-0.4, -0.2) is 30.4 Å². The maximum Gasteiger partial charge on any atom is 0.262 e. The Morgan fingerprint density at radius 1 is 1.31 bits per heavy atom. The summed E-state index contributed by atoms with van der Waals surface area (Å²) in [5, 5.41) is 17.2. The van der Waals surface area contributed by atoms with Gasteiger partial charge in [0.15, 0.2) is 11.5 Å². The van der Waals surface area contributed by atoms with Crippen LogP contribution in [0.2, 0.25) is 0 Å². The molecular formula is C20H25N3O3. The zero-order valence-electron chi connectivity index (χ0n) is 15.5. The molecule has 0 aliphatic carbocycles. The zero-order valence-corrected chi connectivity index (χ0v) is 15.5. The SMILES string of the molecule is CC[C@H](Nc1ccc(C)cc1C)C(=O)NN=Cc1cccc(OC)c1O. The number of nitrogens with zero attached hydrogens (tertiary/aromatic N) is 1. The highest BCUT2D eigenvalue weighted by Crippen LogP contribution is 2.27. The van der Waals surface area contributed by atoms with Crippen LogP contribution in [0.15, 0.2) is 41.5 Å². The highest BCUT2D eigenvalue weighted by atomic mass is 16.5. The third-order valence-corrected chi connectivity index (χ3v) is 4.06. The van der Waals surface area contributed by atoms with Crippen LogP contribution < -0.4 is 15.5 Å². The van der Waals surface area contributed by atoms with E-state index in [4.69, 9.17) is 4.74 Å². The van der Waals surface area contributed by atoms with Crippen molar-refractivity contribution in [3.05, 3.63) is 53.1 Å². The molecule has 0 spiro atoms. The summed E-state index contributed by atoms with van der Waals surface area (Å²) in [6.07, 6.45) is 2.00. The Hall–Kier alpha value is -3.02. The normalized spacial score (nSPS) is 12.0. The summed E-state index contributed by atoms with van der Waals surface area (Å²) in [4.78, 5) is 12.4. The molecule has 1 amide bonds. The number of methoxy groups -OCH3 is 1. The molecule has 0 aliphatic rings. The summed E-state index contributed by atoms with van der Waals surface area (Å²) in [7, 11) is 1.47. The van der Waals surface area contributed by atoms with Crippen LogP contribution in [0, 0.1) is 13.8 Å². The zero-order chi connectivity index (χ0) is 19.1. The average molecular weight is 355 g/mol. The van der Waals surface area contributed by atoms with Crippen molar-refractivity contribution < 1.29 is 14.6 Å². The number of nitrogens with one attached hydrogen (secondary N) is 2. The topological polar surface area (TPSA) is 83.0 Å². The van der Waals surface area contributed by atoms with Gasteiger partial charge in [0.05, 0.1) is 13.3 Å². The first kappa shape index (κ1) is 19.3. The van der Waals surface area contributed by atoms with Gasteiger partial charge in [0.25, 0.3) is 5.91 Å². The molecule has 0 unspecified atom stereocenters. The van der Waals surface area contributed by atoms with Crippen molar-refractivity contribution in [3.8, 4) is 11.5 Å². The Morgan fingerprint density at radius 2 is 2.08 bits per heavy atom. The second-order valence-electron chi connectivity index (χ2n) is 6.06. The largest absolute Gasteiger partial charge is 0.504 e. The fourth-order valence-electron chi connectivity index (χ4n) is 2.57. The third-order valence-electron chi connectivity index (χ3n) is 4.06. The number of amides is 1. The lowest BCUT2D eigenvalue weighted by atomic mass is 10.1. The van der Waals surface area contributed by atoms with Crippen molar-refractivity contribution >= 4 is 17.8 Å². The van der Waals surface area contributed by atoms with Crippen molar-refractivity contribution in [1.82, 2.24) is 5.43 Å². The lowest BCUT2D eigenvalue weighted by Crippen LogP contribution is -2.37. The number of ether oxygens (including phenoxy) is 1. The molecule has 0 aliphatic heterocycles. The van der Waals surface area contributed by atoms with E-state index in [2.05, 4.69) is 21.9 Å². The molecule has 2 aromatic rings. The molecule has 6 heteroatoms. The number of phenols is 1. The quantitative estimate of drug-likeness (QED) is 0.525. The lowest BCUT2D eigenvalue weighted by molar-refractivity contribution is -0.121. The number of hydrogen-bond donors (Lipinski definition) is 3. The predicted octanol–water partition coefficient (Wildman–Crippen LogP) is 3.36. The monoisotopic (exact) mass is 355 g/mol. The molecule has 3 N–H and O–H groups in total. The number of phenolic OH excluding ortho intramolecular Hbond substituents is 1. The van der Waals surface area contributed by atoms with Gasteiger partial charge in [-0.05, 0) is 44.0 Å². The van der Waals surface area contributed by atoms with Crippen LogP contribution in [0.1, 0.15) is 30.0 Å². The molecule has 1 atom stereocenters. The van der Waals surface area contributed by atoms with Gasteiger partial charge in [0, 0.05) is 11.3 Å². The summed E-state index contributed by atoms with van der Waals surface area (Å²) in [6.45, 7) is 5.96. The van der Waals surface area contributed by atoms with E-state index in [1.54, 1.807) is 18.2 Å². The van der Waals surface area contributed by atoms with E-state index in [9.17, 15) is 9.90 Å². The van der Waals surface area contributed by atoms with Gasteiger partial charge in [0.2, 0.25) is 0 Å². The average Bonchev–Trinajstić information content (AvgIpc) is 2.62. The number of anilines is 1. The van der Waals surface area contributed by atoms with Crippen molar-refractivity contribution in [1.29, 1.82) is 0 Å². The van der Waals surface area contributed by atoms with Crippen molar-refractivity contribution in [3.63, 3.8) is 0 Å². The van der Waals surface area contributed by atoms with E-state index in [-0.39, 0.29) is 11.7 Å². The minimum absolute atomic E-state index is 0.0200. The van der Waals surface area contributed by atoms with E-state index < -0.39 is 6.04 Å². The van der Waals surface area contributed by atoms with Gasteiger partial charge in [-0.15, -0.1) is 0 Å². The first-order valence-electron chi connectivity index (χ1n) is 8.49. The minimum Gasteiger partial charge on any atom is -0.504 e. The molecule has 0 saturated heterocycles. The third kappa shape index (κ3) is 4.75. The highest BCUT2D eigenvalue weighted by Gasteiger charge is 2.16. The Morgan fingerprint density at radius 3 is 2.73 bits per heavy atom. The maximum atomic E-state index is 12.4. The van der Waals surface area contributed by atoms with Crippen LogP contribution in [-0.2, 0) is 4.79 Å². The predicted molar refractivity (Wildman–Crippen MR) is 104 cm³/mol. The van der Waals surface area contributed by atoms with Gasteiger partial charge >= 0.3 is 0 Å². The van der Waals surface area contributed by atoms with Crippen LogP contribution >= 0.6 is 0 Å². The van der Waals surface area contributed by atoms with Gasteiger partial charge in [-0.1, -0.05) is 30.7 Å². The first-order chi connectivity index (χ1) is 12.5. The molecular weight excluding hydrogens is 330 g/mol. The molecule has 0 heterocycles. The number of rotatable bonds is 7. The molecule has 0 bridgehead atoms. The van der Waals surface area contributed by atoms with E-state index in [0.717, 1.165) is 11.3 Å². The van der Waals surface area contributed by atoms with Gasteiger partial charge < -0.3 is 15.2 Å². The summed E-state index contributed by atoms with van der Waals surface area (Å²) in [5.74, 6) is 0.0859. The van der Waals surface area contributed by atoms with Crippen molar-refractivity contribution in [2.24, 2.45) is 5.10 Å². The van der Waals surface area contributed by atoms with Crippen molar-refractivity contribution in [2.45, 2.75) is 33.2 Å². The van der Waals surface area contributed by atoms with Crippen molar-refractivity contribution in [2.75, 3.05) is 12.4 Å². The van der Waals surface area contributed by atoms with Crippen LogP contribution in [0.4, 0.5) is 5.69 Å². The first-order valence-corrected chi connectivity index (χ1v) is 8.49. The van der Waals surface area contributed by atoms with Crippen LogP contribution in [0.5, 0.6) is 11.5 Å². The number of hydrogen-bond acceptors (Lipinski definition) is 5. The Bertz CT molecular complexity index is 803. The number of benzene rings is 2. The Labute approximate surface area is 153 Å². The van der Waals surface area contributed by atoms with E-state index in [1.165, 1.54) is 18.9 Å². The van der Waals surface area contributed by atoms with E-state index in [0.29, 0.717) is 17.7 Å². The fourth-order valence-corrected chi connectivity index (χ4v) is 2.57. The molecule has 2 rings (SSSR count). The van der Waals surface area contributed by atoms with Gasteiger partial charge in [-0.25, -0.2) is 5.43 Å². The lowest BCUT2D eigenvalue weighted by Gasteiger charge is -2.18. The minimum atomic E-state index is -0.410. The van der Waals surface area contributed by atoms with Gasteiger partial charge in [-0.2, -0.15) is 5.10 Å². The number of carbonyl (C=O) groups excluding carboxylic acids is 1. The molecule has 0 fully saturated rings. The van der Waals surface area contributed by atoms with E-state index in [1.807, 2.05) is 32.9 Å². The summed E-state index contributed by atoms with van der Waals surface area (Å²) >= 11 is 0. The van der Waals surface area contributed by atoms with Crippen LogP contribution in [0.3, 0.4) is 0 Å². The molecule has 0 radical (unpaired) electrons. The molecule has 6 nitrogen and oxygen atoms in total. The molecule has 0 saturated carbocycles. The van der Waals surface area contributed by atoms with Gasteiger partial charge in [-0.3, -0.25) is 4.79 Å². The molecule has 26 heavy (non-hydrogen) atoms. The molecule has 0 aromatic heterocycles. The van der Waals surface area contributed by atoms with Gasteiger partial charge in [0.1, 0.15) is 6.04 Å². The fraction of sp³-hybridized carbons (Fsp3) is 0.300. The Balaban J connectivity index is 2.03. The number of carbonyl (C=O) groups is 1. The number of para-hydroxylation sites is 1. The summed E-state index contributed by atoms with van der Waals surface area (Å²) < 4.78 is 5.05. The molecule has 2 aromatic carbocycles. The maximum absolute atomic E-state index is 12.4.